The highest BCUT2D eigenvalue weighted by molar-refractivity contribution is 5.85. The average Bonchev–Trinajstić information content (AvgIpc) is 3.51. The summed E-state index contributed by atoms with van der Waals surface area (Å²) < 4.78 is 1.81. The number of aromatic nitrogens is 5. The molecular weight excluding hydrogens is 436 g/mol. The van der Waals surface area contributed by atoms with Crippen LogP contribution in [0.2, 0.25) is 0 Å². The Morgan fingerprint density at radius 1 is 0.971 bits per heavy atom. The maximum absolute atomic E-state index is 13.6. The molecule has 6 rings (SSSR count). The number of nitrogens with zero attached hydrogens (tertiary/aromatic N) is 5. The van der Waals surface area contributed by atoms with Crippen molar-refractivity contribution >= 4 is 16.6 Å². The van der Waals surface area contributed by atoms with Crippen LogP contribution in [-0.2, 0) is 13.0 Å². The molecule has 0 aliphatic carbocycles. The zero-order valence-corrected chi connectivity index (χ0v) is 19.8. The predicted octanol–water partition coefficient (Wildman–Crippen LogP) is 4.33. The zero-order chi connectivity index (χ0) is 23.9. The second kappa shape index (κ2) is 8.51. The van der Waals surface area contributed by atoms with Crippen molar-refractivity contribution in [2.75, 3.05) is 11.4 Å². The zero-order valence-electron chi connectivity index (χ0n) is 19.8. The smallest absolute Gasteiger partial charge is 0.254 e. The van der Waals surface area contributed by atoms with Crippen LogP contribution in [0.5, 0.6) is 0 Å². The van der Waals surface area contributed by atoms with Gasteiger partial charge in [-0.15, -0.1) is 5.10 Å². The van der Waals surface area contributed by atoms with Crippen LogP contribution in [0.15, 0.2) is 77.6 Å². The Balaban J connectivity index is 1.56. The van der Waals surface area contributed by atoms with Gasteiger partial charge in [-0.3, -0.25) is 4.79 Å². The van der Waals surface area contributed by atoms with Crippen LogP contribution in [0.3, 0.4) is 0 Å². The lowest BCUT2D eigenvalue weighted by molar-refractivity contribution is 0.577. The minimum atomic E-state index is -0.426. The molecule has 1 aliphatic rings. The van der Waals surface area contributed by atoms with Crippen molar-refractivity contribution in [1.82, 2.24) is 25.2 Å². The molecule has 174 valence electrons. The van der Waals surface area contributed by atoms with E-state index in [1.807, 2.05) is 48.0 Å². The molecule has 0 saturated heterocycles. The molecule has 1 aliphatic heterocycles. The van der Waals surface area contributed by atoms with E-state index < -0.39 is 6.04 Å². The number of anilines is 1. The van der Waals surface area contributed by atoms with Crippen LogP contribution in [0.25, 0.3) is 10.9 Å². The minimum Gasteiger partial charge on any atom is -0.357 e. The first-order valence-corrected chi connectivity index (χ1v) is 11.9. The molecule has 0 spiro atoms. The average molecular weight is 463 g/mol. The lowest BCUT2D eigenvalue weighted by Crippen LogP contribution is -2.34. The fourth-order valence-corrected chi connectivity index (χ4v) is 5.15. The first-order valence-electron chi connectivity index (χ1n) is 11.9. The minimum absolute atomic E-state index is 0.116. The largest absolute Gasteiger partial charge is 0.357 e. The number of fused-ring (bicyclic) bond motifs is 2. The third-order valence-electron chi connectivity index (χ3n) is 6.98. The normalized spacial score (nSPS) is 13.8. The number of aromatic amines is 1. The maximum Gasteiger partial charge on any atom is 0.254 e. The summed E-state index contributed by atoms with van der Waals surface area (Å²) in [5.41, 5.74) is 7.06. The summed E-state index contributed by atoms with van der Waals surface area (Å²) in [4.78, 5) is 19.0. The standard InChI is InChI=1S/C28H26N6O/c1-18-12-13-19(2)25-22(18)16-23(28(35)29-25)26(33-15-14-21-10-6-7-11-24(21)33)27-30-31-32-34(27)17-20-8-4-3-5-9-20/h3-13,16,26H,14-15,17H2,1-2H3,(H,29,35)/t26-/m0/s1. The lowest BCUT2D eigenvalue weighted by atomic mass is 9.99. The van der Waals surface area contributed by atoms with E-state index in [0.29, 0.717) is 17.9 Å². The van der Waals surface area contributed by atoms with Gasteiger partial charge < -0.3 is 9.88 Å². The molecule has 7 heteroatoms. The first-order chi connectivity index (χ1) is 17.1. The number of benzene rings is 3. The van der Waals surface area contributed by atoms with Gasteiger partial charge in [-0.1, -0.05) is 60.7 Å². The van der Waals surface area contributed by atoms with E-state index in [2.05, 4.69) is 68.7 Å². The Kier molecular flexibility index (Phi) is 5.17. The van der Waals surface area contributed by atoms with E-state index in [1.54, 1.807) is 0 Å². The second-order valence-electron chi connectivity index (χ2n) is 9.20. The van der Waals surface area contributed by atoms with Crippen LogP contribution in [0.1, 0.15) is 39.7 Å². The van der Waals surface area contributed by atoms with Crippen molar-refractivity contribution in [2.45, 2.75) is 32.9 Å². The molecular formula is C28H26N6O. The van der Waals surface area contributed by atoms with Crippen LogP contribution in [0, 0.1) is 13.8 Å². The first kappa shape index (κ1) is 21.3. The maximum atomic E-state index is 13.6. The summed E-state index contributed by atoms with van der Waals surface area (Å²) >= 11 is 0. The van der Waals surface area contributed by atoms with Gasteiger partial charge in [0.05, 0.1) is 12.1 Å². The number of hydrogen-bond acceptors (Lipinski definition) is 5. The summed E-state index contributed by atoms with van der Waals surface area (Å²) in [7, 11) is 0. The molecule has 2 aromatic heterocycles. The van der Waals surface area contributed by atoms with Crippen molar-refractivity contribution in [2.24, 2.45) is 0 Å². The number of aryl methyl sites for hydroxylation is 2. The lowest BCUT2D eigenvalue weighted by Gasteiger charge is -2.29. The topological polar surface area (TPSA) is 79.7 Å². The highest BCUT2D eigenvalue weighted by Crippen LogP contribution is 2.37. The predicted molar refractivity (Wildman–Crippen MR) is 137 cm³/mol. The van der Waals surface area contributed by atoms with E-state index in [9.17, 15) is 4.79 Å². The SMILES string of the molecule is Cc1ccc(C)c2[nH]c(=O)c([C@@H](c3nnnn3Cc3ccccc3)N3CCc4ccccc43)cc12. The highest BCUT2D eigenvalue weighted by atomic mass is 16.1. The van der Waals surface area contributed by atoms with Gasteiger partial charge in [0.15, 0.2) is 5.82 Å². The molecule has 0 bridgehead atoms. The van der Waals surface area contributed by atoms with E-state index in [1.165, 1.54) is 5.56 Å². The molecule has 5 aromatic rings. The second-order valence-corrected chi connectivity index (χ2v) is 9.20. The Bertz CT molecular complexity index is 1590. The van der Waals surface area contributed by atoms with E-state index in [4.69, 9.17) is 0 Å². The van der Waals surface area contributed by atoms with Gasteiger partial charge >= 0.3 is 0 Å². The van der Waals surface area contributed by atoms with Crippen molar-refractivity contribution < 1.29 is 0 Å². The summed E-state index contributed by atoms with van der Waals surface area (Å²) in [6.45, 7) is 5.40. The number of nitrogens with one attached hydrogen (secondary N) is 1. The Labute approximate surface area is 203 Å². The monoisotopic (exact) mass is 462 g/mol. The molecule has 3 heterocycles. The van der Waals surface area contributed by atoms with Crippen molar-refractivity contribution in [3.8, 4) is 0 Å². The number of pyridine rings is 1. The van der Waals surface area contributed by atoms with Gasteiger partial charge in [0.2, 0.25) is 0 Å². The van der Waals surface area contributed by atoms with Gasteiger partial charge in [0, 0.05) is 23.2 Å². The van der Waals surface area contributed by atoms with Gasteiger partial charge in [0.1, 0.15) is 6.04 Å². The van der Waals surface area contributed by atoms with Gasteiger partial charge in [-0.05, 0) is 65.1 Å². The van der Waals surface area contributed by atoms with E-state index in [0.717, 1.165) is 46.2 Å². The molecule has 0 radical (unpaired) electrons. The van der Waals surface area contributed by atoms with Crippen LogP contribution >= 0.6 is 0 Å². The summed E-state index contributed by atoms with van der Waals surface area (Å²) in [6, 6.07) is 24.2. The number of para-hydroxylation sites is 1. The number of rotatable bonds is 5. The summed E-state index contributed by atoms with van der Waals surface area (Å²) in [6.07, 6.45) is 0.913. The van der Waals surface area contributed by atoms with Gasteiger partial charge in [-0.2, -0.15) is 0 Å². The van der Waals surface area contributed by atoms with E-state index >= 15 is 0 Å². The molecule has 1 atom stereocenters. The number of hydrogen-bond donors (Lipinski definition) is 1. The van der Waals surface area contributed by atoms with Crippen LogP contribution < -0.4 is 10.5 Å². The summed E-state index contributed by atoms with van der Waals surface area (Å²) in [5, 5.41) is 13.9. The van der Waals surface area contributed by atoms with Crippen LogP contribution in [-0.4, -0.2) is 31.7 Å². The van der Waals surface area contributed by atoms with Crippen molar-refractivity contribution in [3.63, 3.8) is 0 Å². The molecule has 1 N–H and O–H groups in total. The molecule has 0 amide bonds. The van der Waals surface area contributed by atoms with Crippen molar-refractivity contribution in [3.05, 3.63) is 117 Å². The fourth-order valence-electron chi connectivity index (χ4n) is 5.15. The van der Waals surface area contributed by atoms with Crippen LogP contribution in [0.4, 0.5) is 5.69 Å². The van der Waals surface area contributed by atoms with Crippen molar-refractivity contribution in [1.29, 1.82) is 0 Å². The Morgan fingerprint density at radius 3 is 2.60 bits per heavy atom. The quantitative estimate of drug-likeness (QED) is 0.421. The summed E-state index contributed by atoms with van der Waals surface area (Å²) in [5.74, 6) is 0.653. The molecule has 3 aromatic carbocycles. The number of tetrazole rings is 1. The molecule has 35 heavy (non-hydrogen) atoms. The van der Waals surface area contributed by atoms with Gasteiger partial charge in [0.25, 0.3) is 5.56 Å². The molecule has 0 unspecified atom stereocenters. The molecule has 0 saturated carbocycles. The Hall–Kier alpha value is -4.26. The van der Waals surface area contributed by atoms with E-state index in [-0.39, 0.29) is 5.56 Å². The van der Waals surface area contributed by atoms with Gasteiger partial charge in [-0.25, -0.2) is 4.68 Å². The highest BCUT2D eigenvalue weighted by Gasteiger charge is 2.34. The third-order valence-corrected chi connectivity index (χ3v) is 6.98. The Morgan fingerprint density at radius 2 is 1.74 bits per heavy atom. The number of H-pyrrole nitrogens is 1. The molecule has 0 fully saturated rings. The molecule has 7 nitrogen and oxygen atoms in total. The fraction of sp³-hybridized carbons (Fsp3) is 0.214. The third kappa shape index (κ3) is 3.69.